The average Bonchev–Trinajstić information content (AvgIpc) is 3.25. The van der Waals surface area contributed by atoms with Gasteiger partial charge in [0.2, 0.25) is 0 Å². The molecule has 0 saturated heterocycles. The number of anilines is 2. The van der Waals surface area contributed by atoms with Gasteiger partial charge in [0.1, 0.15) is 5.82 Å². The quantitative estimate of drug-likeness (QED) is 0.894. The van der Waals surface area contributed by atoms with Gasteiger partial charge in [0.25, 0.3) is 5.91 Å². The number of nitrogens with one attached hydrogen (secondary N) is 2. The molecule has 1 amide bonds. The molecule has 1 fully saturated rings. The van der Waals surface area contributed by atoms with Crippen molar-refractivity contribution in [1.29, 1.82) is 0 Å². The predicted octanol–water partition coefficient (Wildman–Crippen LogP) is 3.22. The highest BCUT2D eigenvalue weighted by molar-refractivity contribution is 6.04. The Kier molecular flexibility index (Phi) is 3.37. The smallest absolute Gasteiger partial charge is 0.255 e. The maximum Gasteiger partial charge on any atom is 0.255 e. The summed E-state index contributed by atoms with van der Waals surface area (Å²) in [4.78, 5) is 16.4. The van der Waals surface area contributed by atoms with E-state index in [0.717, 1.165) is 11.4 Å². The Morgan fingerprint density at radius 3 is 2.75 bits per heavy atom. The van der Waals surface area contributed by atoms with Gasteiger partial charge in [-0.25, -0.2) is 4.98 Å². The molecule has 102 valence electrons. The summed E-state index contributed by atoms with van der Waals surface area (Å²) in [5.74, 6) is 0.749. The van der Waals surface area contributed by atoms with Crippen LogP contribution in [0.15, 0.2) is 42.6 Å². The highest BCUT2D eigenvalue weighted by Gasteiger charge is 2.21. The number of amides is 1. The molecule has 2 aromatic rings. The molecule has 4 nitrogen and oxygen atoms in total. The van der Waals surface area contributed by atoms with Crippen LogP contribution in [0.4, 0.5) is 11.5 Å². The van der Waals surface area contributed by atoms with Crippen molar-refractivity contribution in [1.82, 2.24) is 4.98 Å². The molecule has 1 saturated carbocycles. The van der Waals surface area contributed by atoms with Gasteiger partial charge in [0.05, 0.1) is 11.9 Å². The van der Waals surface area contributed by atoms with Gasteiger partial charge in [-0.1, -0.05) is 17.7 Å². The van der Waals surface area contributed by atoms with E-state index >= 15 is 0 Å². The van der Waals surface area contributed by atoms with Crippen molar-refractivity contribution in [3.05, 3.63) is 53.7 Å². The third kappa shape index (κ3) is 3.15. The minimum Gasteiger partial charge on any atom is -0.367 e. The van der Waals surface area contributed by atoms with Gasteiger partial charge >= 0.3 is 0 Å². The fraction of sp³-hybridized carbons (Fsp3) is 0.250. The zero-order valence-electron chi connectivity index (χ0n) is 11.4. The molecule has 4 heteroatoms. The van der Waals surface area contributed by atoms with Gasteiger partial charge < -0.3 is 10.6 Å². The number of benzene rings is 1. The van der Waals surface area contributed by atoms with Gasteiger partial charge in [0, 0.05) is 11.6 Å². The van der Waals surface area contributed by atoms with Crippen molar-refractivity contribution in [2.75, 3.05) is 10.6 Å². The van der Waals surface area contributed by atoms with Crippen molar-refractivity contribution >= 4 is 17.4 Å². The summed E-state index contributed by atoms with van der Waals surface area (Å²) >= 11 is 0. The molecule has 20 heavy (non-hydrogen) atoms. The Morgan fingerprint density at radius 2 is 2.10 bits per heavy atom. The molecule has 1 aromatic carbocycles. The lowest BCUT2D eigenvalue weighted by atomic mass is 10.1. The molecule has 2 N–H and O–H groups in total. The first kappa shape index (κ1) is 12.7. The Labute approximate surface area is 118 Å². The van der Waals surface area contributed by atoms with Crippen LogP contribution >= 0.6 is 0 Å². The number of rotatable bonds is 4. The predicted molar refractivity (Wildman–Crippen MR) is 80.0 cm³/mol. The van der Waals surface area contributed by atoms with Crippen LogP contribution in [0.2, 0.25) is 0 Å². The summed E-state index contributed by atoms with van der Waals surface area (Å²) in [6.45, 7) is 1.97. The highest BCUT2D eigenvalue weighted by atomic mass is 16.1. The van der Waals surface area contributed by atoms with Crippen LogP contribution in [0.3, 0.4) is 0 Å². The zero-order chi connectivity index (χ0) is 13.9. The number of aryl methyl sites for hydroxylation is 1. The fourth-order valence-corrected chi connectivity index (χ4v) is 1.98. The molecule has 0 bridgehead atoms. The summed E-state index contributed by atoms with van der Waals surface area (Å²) in [7, 11) is 0. The van der Waals surface area contributed by atoms with Crippen LogP contribution in [-0.4, -0.2) is 16.9 Å². The molecule has 1 aliphatic rings. The van der Waals surface area contributed by atoms with E-state index in [-0.39, 0.29) is 5.91 Å². The van der Waals surface area contributed by atoms with Crippen molar-refractivity contribution in [3.63, 3.8) is 0 Å². The standard InChI is InChI=1S/C16H17N3O/c1-11-3-2-4-12(9-11)16(20)19-14-7-8-15(17-10-14)18-13-5-6-13/h2-4,7-10,13H,5-6H2,1H3,(H,17,18)(H,19,20). The summed E-state index contributed by atoms with van der Waals surface area (Å²) in [6, 6.07) is 11.9. The monoisotopic (exact) mass is 267 g/mol. The van der Waals surface area contributed by atoms with Crippen LogP contribution in [-0.2, 0) is 0 Å². The van der Waals surface area contributed by atoms with E-state index in [4.69, 9.17) is 0 Å². The summed E-state index contributed by atoms with van der Waals surface area (Å²) in [5, 5.41) is 6.16. The normalized spacial score (nSPS) is 13.8. The van der Waals surface area contributed by atoms with E-state index in [1.807, 2.05) is 37.3 Å². The zero-order valence-corrected chi connectivity index (χ0v) is 11.4. The number of pyridine rings is 1. The SMILES string of the molecule is Cc1cccc(C(=O)Nc2ccc(NC3CC3)nc2)c1. The summed E-state index contributed by atoms with van der Waals surface area (Å²) in [6.07, 6.45) is 4.11. The molecule has 0 atom stereocenters. The van der Waals surface area contributed by atoms with E-state index in [9.17, 15) is 4.79 Å². The number of carbonyl (C=O) groups excluding carboxylic acids is 1. The second-order valence-corrected chi connectivity index (χ2v) is 5.17. The third-order valence-corrected chi connectivity index (χ3v) is 3.23. The van der Waals surface area contributed by atoms with Crippen molar-refractivity contribution in [3.8, 4) is 0 Å². The van der Waals surface area contributed by atoms with Crippen molar-refractivity contribution in [2.24, 2.45) is 0 Å². The Balaban J connectivity index is 1.65. The second kappa shape index (κ2) is 5.33. The van der Waals surface area contributed by atoms with Gasteiger partial charge in [-0.3, -0.25) is 4.79 Å². The van der Waals surface area contributed by atoms with Crippen LogP contribution in [0.1, 0.15) is 28.8 Å². The van der Waals surface area contributed by atoms with E-state index in [0.29, 0.717) is 17.3 Å². The van der Waals surface area contributed by atoms with Crippen LogP contribution in [0.5, 0.6) is 0 Å². The number of hydrogen-bond donors (Lipinski definition) is 2. The van der Waals surface area contributed by atoms with E-state index < -0.39 is 0 Å². The topological polar surface area (TPSA) is 54.0 Å². The van der Waals surface area contributed by atoms with Gasteiger partial charge in [-0.2, -0.15) is 0 Å². The fourth-order valence-electron chi connectivity index (χ4n) is 1.98. The minimum atomic E-state index is -0.113. The number of aromatic nitrogens is 1. The van der Waals surface area contributed by atoms with E-state index in [1.54, 1.807) is 12.3 Å². The molecule has 1 aliphatic carbocycles. The maximum absolute atomic E-state index is 12.1. The summed E-state index contributed by atoms with van der Waals surface area (Å²) < 4.78 is 0. The van der Waals surface area contributed by atoms with Crippen LogP contribution < -0.4 is 10.6 Å². The largest absolute Gasteiger partial charge is 0.367 e. The van der Waals surface area contributed by atoms with E-state index in [2.05, 4.69) is 15.6 Å². The van der Waals surface area contributed by atoms with Gasteiger partial charge in [0.15, 0.2) is 0 Å². The van der Waals surface area contributed by atoms with E-state index in [1.165, 1.54) is 12.8 Å². The molecular formula is C16H17N3O. The Bertz CT molecular complexity index is 618. The number of nitrogens with zero attached hydrogens (tertiary/aromatic N) is 1. The molecular weight excluding hydrogens is 250 g/mol. The lowest BCUT2D eigenvalue weighted by molar-refractivity contribution is 0.102. The molecule has 3 rings (SSSR count). The first-order chi connectivity index (χ1) is 9.70. The molecule has 1 heterocycles. The first-order valence-electron chi connectivity index (χ1n) is 6.81. The molecule has 0 unspecified atom stereocenters. The average molecular weight is 267 g/mol. The molecule has 0 radical (unpaired) electrons. The van der Waals surface area contributed by atoms with Gasteiger partial charge in [-0.15, -0.1) is 0 Å². The molecule has 1 aromatic heterocycles. The number of carbonyl (C=O) groups is 1. The van der Waals surface area contributed by atoms with Gasteiger partial charge in [-0.05, 0) is 44.0 Å². The Hall–Kier alpha value is -2.36. The van der Waals surface area contributed by atoms with Crippen LogP contribution in [0.25, 0.3) is 0 Å². The summed E-state index contributed by atoms with van der Waals surface area (Å²) in [5.41, 5.74) is 2.43. The number of hydrogen-bond acceptors (Lipinski definition) is 3. The molecule has 0 spiro atoms. The first-order valence-corrected chi connectivity index (χ1v) is 6.81. The Morgan fingerprint density at radius 1 is 1.25 bits per heavy atom. The molecule has 0 aliphatic heterocycles. The van der Waals surface area contributed by atoms with Crippen LogP contribution in [0, 0.1) is 6.92 Å². The van der Waals surface area contributed by atoms with Crippen molar-refractivity contribution in [2.45, 2.75) is 25.8 Å². The maximum atomic E-state index is 12.1. The second-order valence-electron chi connectivity index (χ2n) is 5.17. The highest BCUT2D eigenvalue weighted by Crippen LogP contribution is 2.24. The lowest BCUT2D eigenvalue weighted by Gasteiger charge is -2.07. The lowest BCUT2D eigenvalue weighted by Crippen LogP contribution is -2.12. The third-order valence-electron chi connectivity index (χ3n) is 3.23. The van der Waals surface area contributed by atoms with Crippen molar-refractivity contribution < 1.29 is 4.79 Å². The minimum absolute atomic E-state index is 0.113.